The van der Waals surface area contributed by atoms with Gasteiger partial charge in [0.05, 0.1) is 0 Å². The molecule has 2 aliphatic rings. The Balaban J connectivity index is 1.50. The molecule has 0 saturated heterocycles. The van der Waals surface area contributed by atoms with Gasteiger partial charge in [0, 0.05) is 24.3 Å². The fourth-order valence-electron chi connectivity index (χ4n) is 4.80. The average Bonchev–Trinajstić information content (AvgIpc) is 3.23. The van der Waals surface area contributed by atoms with Gasteiger partial charge < -0.3 is 5.32 Å². The lowest BCUT2D eigenvalue weighted by Gasteiger charge is -2.28. The Hall–Kier alpha value is -2.43. The van der Waals surface area contributed by atoms with Crippen LogP contribution in [-0.4, -0.2) is 28.5 Å². The van der Waals surface area contributed by atoms with Gasteiger partial charge in [0.2, 0.25) is 5.95 Å². The molecule has 154 valence electrons. The molecular formula is C24H32N4O. The Bertz CT molecular complexity index is 860. The third-order valence-corrected chi connectivity index (χ3v) is 6.54. The number of amides is 1. The van der Waals surface area contributed by atoms with Gasteiger partial charge in [0.1, 0.15) is 5.82 Å². The number of benzene rings is 1. The first kappa shape index (κ1) is 19.9. The summed E-state index contributed by atoms with van der Waals surface area (Å²) in [5.74, 6) is 1.95. The van der Waals surface area contributed by atoms with Gasteiger partial charge in [0.15, 0.2) is 0 Å². The minimum Gasteiger partial charge on any atom is -0.351 e. The number of nitrogens with zero attached hydrogens (tertiary/aromatic N) is 3. The third kappa shape index (κ3) is 4.44. The van der Waals surface area contributed by atoms with Gasteiger partial charge >= 0.3 is 0 Å². The van der Waals surface area contributed by atoms with Gasteiger partial charge in [-0.3, -0.25) is 9.69 Å². The van der Waals surface area contributed by atoms with Crippen LogP contribution in [0.25, 0.3) is 0 Å². The Kier molecular flexibility index (Phi) is 6.12. The van der Waals surface area contributed by atoms with Crippen molar-refractivity contribution in [1.82, 2.24) is 9.97 Å². The van der Waals surface area contributed by atoms with Crippen LogP contribution in [0.15, 0.2) is 30.5 Å². The van der Waals surface area contributed by atoms with Crippen molar-refractivity contribution in [2.45, 2.75) is 71.3 Å². The van der Waals surface area contributed by atoms with E-state index in [9.17, 15) is 4.79 Å². The molecule has 1 saturated carbocycles. The molecule has 4 rings (SSSR count). The van der Waals surface area contributed by atoms with Gasteiger partial charge in [-0.2, -0.15) is 4.98 Å². The molecule has 1 aromatic heterocycles. The van der Waals surface area contributed by atoms with Crippen LogP contribution in [0.5, 0.6) is 0 Å². The Morgan fingerprint density at radius 3 is 2.72 bits per heavy atom. The predicted molar refractivity (Wildman–Crippen MR) is 118 cm³/mol. The molecular weight excluding hydrogens is 360 g/mol. The summed E-state index contributed by atoms with van der Waals surface area (Å²) in [4.78, 5) is 24.0. The SMILES string of the molecule is CCN(C(=O)c1ccc2c(c1)CCC2)c1ccnc(N[C@@H](C)C2CCCCC2)n1. The van der Waals surface area contributed by atoms with Gasteiger partial charge in [-0.1, -0.05) is 25.3 Å². The van der Waals surface area contributed by atoms with E-state index in [0.717, 1.165) is 18.4 Å². The van der Waals surface area contributed by atoms with E-state index in [0.29, 0.717) is 30.3 Å². The first-order valence-corrected chi connectivity index (χ1v) is 11.2. The molecule has 5 nitrogen and oxygen atoms in total. The molecule has 0 bridgehead atoms. The average molecular weight is 393 g/mol. The van der Waals surface area contributed by atoms with Crippen molar-refractivity contribution in [2.75, 3.05) is 16.8 Å². The molecule has 1 amide bonds. The van der Waals surface area contributed by atoms with Crippen LogP contribution in [0, 0.1) is 5.92 Å². The maximum atomic E-state index is 13.2. The molecule has 0 radical (unpaired) electrons. The lowest BCUT2D eigenvalue weighted by atomic mass is 9.85. The van der Waals surface area contributed by atoms with Crippen LogP contribution in [0.4, 0.5) is 11.8 Å². The van der Waals surface area contributed by atoms with E-state index < -0.39 is 0 Å². The minimum absolute atomic E-state index is 0.00665. The largest absolute Gasteiger partial charge is 0.351 e. The maximum Gasteiger partial charge on any atom is 0.259 e. The molecule has 1 aromatic carbocycles. The molecule has 0 unspecified atom stereocenters. The highest BCUT2D eigenvalue weighted by atomic mass is 16.2. The van der Waals surface area contributed by atoms with Crippen LogP contribution in [0.3, 0.4) is 0 Å². The minimum atomic E-state index is 0.00665. The van der Waals surface area contributed by atoms with Crippen LogP contribution >= 0.6 is 0 Å². The van der Waals surface area contributed by atoms with Crippen LogP contribution in [0.2, 0.25) is 0 Å². The van der Waals surface area contributed by atoms with Gasteiger partial charge in [-0.15, -0.1) is 0 Å². The zero-order valence-electron chi connectivity index (χ0n) is 17.7. The zero-order chi connectivity index (χ0) is 20.2. The van der Waals surface area contributed by atoms with Crippen LogP contribution in [0.1, 0.15) is 73.9 Å². The van der Waals surface area contributed by atoms with E-state index in [2.05, 4.69) is 34.3 Å². The maximum absolute atomic E-state index is 13.2. The number of fused-ring (bicyclic) bond motifs is 1. The van der Waals surface area contributed by atoms with E-state index in [1.54, 1.807) is 11.1 Å². The van der Waals surface area contributed by atoms with Gasteiger partial charge in [0.25, 0.3) is 5.91 Å². The summed E-state index contributed by atoms with van der Waals surface area (Å²) < 4.78 is 0. The Labute approximate surface area is 173 Å². The van der Waals surface area contributed by atoms with Crippen molar-refractivity contribution < 1.29 is 4.79 Å². The van der Waals surface area contributed by atoms with E-state index in [1.165, 1.54) is 49.7 Å². The van der Waals surface area contributed by atoms with Crippen molar-refractivity contribution in [1.29, 1.82) is 0 Å². The highest BCUT2D eigenvalue weighted by Gasteiger charge is 2.23. The van der Waals surface area contributed by atoms with Gasteiger partial charge in [-0.25, -0.2) is 4.98 Å². The fourth-order valence-corrected chi connectivity index (χ4v) is 4.80. The zero-order valence-corrected chi connectivity index (χ0v) is 17.7. The van der Waals surface area contributed by atoms with Gasteiger partial charge in [-0.05, 0) is 81.2 Å². The molecule has 1 atom stereocenters. The molecule has 2 aliphatic carbocycles. The molecule has 0 aliphatic heterocycles. The molecule has 29 heavy (non-hydrogen) atoms. The van der Waals surface area contributed by atoms with Crippen molar-refractivity contribution in [2.24, 2.45) is 5.92 Å². The first-order valence-electron chi connectivity index (χ1n) is 11.2. The normalized spacial score (nSPS) is 17.6. The van der Waals surface area contributed by atoms with Crippen molar-refractivity contribution in [3.05, 3.63) is 47.2 Å². The number of rotatable bonds is 6. The lowest BCUT2D eigenvalue weighted by molar-refractivity contribution is 0.0987. The van der Waals surface area contributed by atoms with Crippen LogP contribution < -0.4 is 10.2 Å². The molecule has 0 spiro atoms. The lowest BCUT2D eigenvalue weighted by Crippen LogP contribution is -2.32. The quantitative estimate of drug-likeness (QED) is 0.750. The Morgan fingerprint density at radius 2 is 1.93 bits per heavy atom. The highest BCUT2D eigenvalue weighted by molar-refractivity contribution is 6.05. The Morgan fingerprint density at radius 1 is 1.14 bits per heavy atom. The summed E-state index contributed by atoms with van der Waals surface area (Å²) in [5, 5.41) is 3.48. The number of anilines is 2. The number of aromatic nitrogens is 2. The van der Waals surface area contributed by atoms with E-state index >= 15 is 0 Å². The summed E-state index contributed by atoms with van der Waals surface area (Å²) in [6.45, 7) is 4.79. The second kappa shape index (κ2) is 8.93. The molecule has 5 heteroatoms. The number of hydrogen-bond donors (Lipinski definition) is 1. The van der Waals surface area contributed by atoms with E-state index in [1.807, 2.05) is 19.1 Å². The number of nitrogens with one attached hydrogen (secondary N) is 1. The summed E-state index contributed by atoms with van der Waals surface area (Å²) in [6, 6.07) is 8.31. The van der Waals surface area contributed by atoms with Crippen molar-refractivity contribution in [3.8, 4) is 0 Å². The van der Waals surface area contributed by atoms with E-state index in [-0.39, 0.29) is 5.91 Å². The second-order valence-corrected chi connectivity index (χ2v) is 8.46. The smallest absolute Gasteiger partial charge is 0.259 e. The monoisotopic (exact) mass is 392 g/mol. The molecule has 1 heterocycles. The van der Waals surface area contributed by atoms with E-state index in [4.69, 9.17) is 0 Å². The number of aryl methyl sites for hydroxylation is 2. The highest BCUT2D eigenvalue weighted by Crippen LogP contribution is 2.28. The second-order valence-electron chi connectivity index (χ2n) is 8.46. The summed E-state index contributed by atoms with van der Waals surface area (Å²) in [6.07, 6.45) is 11.7. The van der Waals surface area contributed by atoms with Crippen molar-refractivity contribution >= 4 is 17.7 Å². The number of carbonyl (C=O) groups excluding carboxylic acids is 1. The van der Waals surface area contributed by atoms with Crippen LogP contribution in [-0.2, 0) is 12.8 Å². The number of carbonyl (C=O) groups is 1. The molecule has 1 N–H and O–H groups in total. The fraction of sp³-hybridized carbons (Fsp3) is 0.542. The van der Waals surface area contributed by atoms with Crippen molar-refractivity contribution in [3.63, 3.8) is 0 Å². The standard InChI is InChI=1S/C24H32N4O/c1-3-28(23(29)21-13-12-19-10-7-11-20(19)16-21)22-14-15-25-24(27-22)26-17(2)18-8-5-4-6-9-18/h12-18H,3-11H2,1-2H3,(H,25,26,27)/t17-/m0/s1. The predicted octanol–water partition coefficient (Wildman–Crippen LogP) is 5.01. The summed E-state index contributed by atoms with van der Waals surface area (Å²) in [5.41, 5.74) is 3.45. The topological polar surface area (TPSA) is 58.1 Å². The summed E-state index contributed by atoms with van der Waals surface area (Å²) >= 11 is 0. The first-order chi connectivity index (χ1) is 14.2. The third-order valence-electron chi connectivity index (χ3n) is 6.54. The molecule has 1 fully saturated rings. The molecule has 2 aromatic rings. The number of hydrogen-bond acceptors (Lipinski definition) is 4. The summed E-state index contributed by atoms with van der Waals surface area (Å²) in [7, 11) is 0.